The van der Waals surface area contributed by atoms with Crippen LogP contribution in [0.4, 0.5) is 10.1 Å². The molecule has 0 aliphatic carbocycles. The largest absolute Gasteiger partial charge is 0.385 e. The zero-order valence-corrected chi connectivity index (χ0v) is 12.3. The number of anilines is 1. The predicted octanol–water partition coefficient (Wildman–Crippen LogP) is 4.03. The molecule has 0 saturated carbocycles. The predicted molar refractivity (Wildman–Crippen MR) is 84.9 cm³/mol. The van der Waals surface area contributed by atoms with E-state index >= 15 is 0 Å². The molecule has 2 nitrogen and oxygen atoms in total. The Bertz CT molecular complexity index is 607. The van der Waals surface area contributed by atoms with E-state index in [0.29, 0.717) is 0 Å². The molecule has 3 rings (SSSR count). The second kappa shape index (κ2) is 6.27. The maximum Gasteiger partial charge on any atom is 0.123 e. The molecule has 0 radical (unpaired) electrons. The first-order chi connectivity index (χ1) is 10.2. The van der Waals surface area contributed by atoms with Gasteiger partial charge >= 0.3 is 0 Å². The third-order valence-electron chi connectivity index (χ3n) is 4.13. The van der Waals surface area contributed by atoms with Gasteiger partial charge in [0.2, 0.25) is 0 Å². The van der Waals surface area contributed by atoms with Crippen molar-refractivity contribution in [2.45, 2.75) is 32.4 Å². The Labute approximate surface area is 125 Å². The average Bonchev–Trinajstić information content (AvgIpc) is 2.53. The molecular weight excluding hydrogens is 263 g/mol. The minimum Gasteiger partial charge on any atom is -0.385 e. The van der Waals surface area contributed by atoms with Crippen molar-refractivity contribution in [2.24, 2.45) is 0 Å². The first-order valence-electron chi connectivity index (χ1n) is 7.57. The summed E-state index contributed by atoms with van der Waals surface area (Å²) in [6.45, 7) is 3.97. The molecule has 1 aliphatic rings. The fraction of sp³-hybridized carbons (Fsp3) is 0.333. The lowest BCUT2D eigenvalue weighted by atomic mass is 9.99. The van der Waals surface area contributed by atoms with Crippen LogP contribution in [0.1, 0.15) is 36.1 Å². The van der Waals surface area contributed by atoms with Gasteiger partial charge < -0.3 is 10.6 Å². The minimum absolute atomic E-state index is 0.188. The molecule has 21 heavy (non-hydrogen) atoms. The van der Waals surface area contributed by atoms with Crippen molar-refractivity contribution in [2.75, 3.05) is 11.9 Å². The molecule has 110 valence electrons. The molecule has 0 fully saturated rings. The number of aryl methyl sites for hydroxylation is 1. The van der Waals surface area contributed by atoms with E-state index in [9.17, 15) is 4.39 Å². The SMILES string of the molecule is C[C@@H](NCc1cccc2c1NCCC2)c1ccc(F)cc1. The monoisotopic (exact) mass is 284 g/mol. The van der Waals surface area contributed by atoms with Gasteiger partial charge in [0.1, 0.15) is 5.82 Å². The van der Waals surface area contributed by atoms with Crippen LogP contribution in [0, 0.1) is 5.82 Å². The molecule has 1 atom stereocenters. The molecule has 2 N–H and O–H groups in total. The van der Waals surface area contributed by atoms with Gasteiger partial charge in [-0.15, -0.1) is 0 Å². The first kappa shape index (κ1) is 14.1. The highest BCUT2D eigenvalue weighted by atomic mass is 19.1. The van der Waals surface area contributed by atoms with E-state index in [1.54, 1.807) is 0 Å². The van der Waals surface area contributed by atoms with Crippen LogP contribution in [0.5, 0.6) is 0 Å². The Morgan fingerprint density at radius 2 is 2.00 bits per heavy atom. The normalized spacial score (nSPS) is 15.1. The number of rotatable bonds is 4. The quantitative estimate of drug-likeness (QED) is 0.885. The number of nitrogens with one attached hydrogen (secondary N) is 2. The third kappa shape index (κ3) is 3.24. The van der Waals surface area contributed by atoms with E-state index in [-0.39, 0.29) is 11.9 Å². The molecule has 1 aliphatic heterocycles. The molecule has 2 aromatic carbocycles. The van der Waals surface area contributed by atoms with Gasteiger partial charge in [-0.25, -0.2) is 4.39 Å². The van der Waals surface area contributed by atoms with E-state index < -0.39 is 0 Å². The molecule has 0 aromatic heterocycles. The van der Waals surface area contributed by atoms with Gasteiger partial charge in [-0.05, 0) is 48.6 Å². The summed E-state index contributed by atoms with van der Waals surface area (Å²) < 4.78 is 13.0. The fourth-order valence-electron chi connectivity index (χ4n) is 2.86. The molecule has 1 heterocycles. The van der Waals surface area contributed by atoms with Crippen molar-refractivity contribution in [3.8, 4) is 0 Å². The highest BCUT2D eigenvalue weighted by Crippen LogP contribution is 2.26. The Kier molecular flexibility index (Phi) is 4.20. The molecule has 0 saturated heterocycles. The second-order valence-electron chi connectivity index (χ2n) is 5.64. The highest BCUT2D eigenvalue weighted by Gasteiger charge is 2.13. The van der Waals surface area contributed by atoms with Crippen LogP contribution in [0.15, 0.2) is 42.5 Å². The minimum atomic E-state index is -0.188. The first-order valence-corrected chi connectivity index (χ1v) is 7.57. The summed E-state index contributed by atoms with van der Waals surface area (Å²) in [6, 6.07) is 13.4. The summed E-state index contributed by atoms with van der Waals surface area (Å²) in [7, 11) is 0. The number of halogens is 1. The highest BCUT2D eigenvalue weighted by molar-refractivity contribution is 5.59. The number of fused-ring (bicyclic) bond motifs is 1. The van der Waals surface area contributed by atoms with Gasteiger partial charge in [0.05, 0.1) is 0 Å². The molecule has 0 bridgehead atoms. The molecule has 0 spiro atoms. The van der Waals surface area contributed by atoms with Gasteiger partial charge in [0, 0.05) is 24.8 Å². The Morgan fingerprint density at radius 1 is 1.19 bits per heavy atom. The van der Waals surface area contributed by atoms with Gasteiger partial charge in [-0.3, -0.25) is 0 Å². The lowest BCUT2D eigenvalue weighted by Gasteiger charge is -2.22. The number of hydrogen-bond acceptors (Lipinski definition) is 2. The number of para-hydroxylation sites is 1. The van der Waals surface area contributed by atoms with Gasteiger partial charge in [0.25, 0.3) is 0 Å². The zero-order chi connectivity index (χ0) is 14.7. The van der Waals surface area contributed by atoms with Crippen LogP contribution in [0.25, 0.3) is 0 Å². The Balaban J connectivity index is 1.69. The molecule has 0 unspecified atom stereocenters. The maximum absolute atomic E-state index is 13.0. The van der Waals surface area contributed by atoms with Crippen molar-refractivity contribution in [1.29, 1.82) is 0 Å². The summed E-state index contributed by atoms with van der Waals surface area (Å²) >= 11 is 0. The van der Waals surface area contributed by atoms with Crippen molar-refractivity contribution >= 4 is 5.69 Å². The smallest absolute Gasteiger partial charge is 0.123 e. The van der Waals surface area contributed by atoms with Crippen LogP contribution in [-0.2, 0) is 13.0 Å². The second-order valence-corrected chi connectivity index (χ2v) is 5.64. The van der Waals surface area contributed by atoms with E-state index in [2.05, 4.69) is 35.8 Å². The molecular formula is C18H21FN2. The van der Waals surface area contributed by atoms with E-state index in [1.165, 1.54) is 35.4 Å². The van der Waals surface area contributed by atoms with E-state index in [4.69, 9.17) is 0 Å². The van der Waals surface area contributed by atoms with Crippen LogP contribution in [-0.4, -0.2) is 6.54 Å². The number of hydrogen-bond donors (Lipinski definition) is 2. The van der Waals surface area contributed by atoms with Crippen molar-refractivity contribution in [3.63, 3.8) is 0 Å². The Morgan fingerprint density at radius 3 is 2.81 bits per heavy atom. The van der Waals surface area contributed by atoms with Gasteiger partial charge in [-0.1, -0.05) is 30.3 Å². The number of benzene rings is 2. The maximum atomic E-state index is 13.0. The van der Waals surface area contributed by atoms with Crippen LogP contribution >= 0.6 is 0 Å². The van der Waals surface area contributed by atoms with Crippen molar-refractivity contribution in [1.82, 2.24) is 5.32 Å². The Hall–Kier alpha value is -1.87. The lowest BCUT2D eigenvalue weighted by Crippen LogP contribution is -2.21. The zero-order valence-electron chi connectivity index (χ0n) is 12.3. The third-order valence-corrected chi connectivity index (χ3v) is 4.13. The van der Waals surface area contributed by atoms with Crippen molar-refractivity contribution < 1.29 is 4.39 Å². The van der Waals surface area contributed by atoms with Gasteiger partial charge in [0.15, 0.2) is 0 Å². The standard InChI is InChI=1S/C18H21FN2/c1-13(14-7-9-17(19)10-8-14)21-12-16-5-2-4-15-6-3-11-20-18(15)16/h2,4-5,7-10,13,20-21H,3,6,11-12H2,1H3/t13-/m1/s1. The average molecular weight is 284 g/mol. The summed E-state index contributed by atoms with van der Waals surface area (Å²) in [5.74, 6) is -0.188. The van der Waals surface area contributed by atoms with Crippen LogP contribution < -0.4 is 10.6 Å². The van der Waals surface area contributed by atoms with Crippen LogP contribution in [0.3, 0.4) is 0 Å². The van der Waals surface area contributed by atoms with E-state index in [1.807, 2.05) is 12.1 Å². The topological polar surface area (TPSA) is 24.1 Å². The van der Waals surface area contributed by atoms with Gasteiger partial charge in [-0.2, -0.15) is 0 Å². The lowest BCUT2D eigenvalue weighted by molar-refractivity contribution is 0.571. The van der Waals surface area contributed by atoms with E-state index in [0.717, 1.165) is 25.1 Å². The summed E-state index contributed by atoms with van der Waals surface area (Å²) in [4.78, 5) is 0. The van der Waals surface area contributed by atoms with Crippen molar-refractivity contribution in [3.05, 3.63) is 65.0 Å². The van der Waals surface area contributed by atoms with Crippen LogP contribution in [0.2, 0.25) is 0 Å². The fourth-order valence-corrected chi connectivity index (χ4v) is 2.86. The summed E-state index contributed by atoms with van der Waals surface area (Å²) in [5, 5.41) is 7.03. The summed E-state index contributed by atoms with van der Waals surface area (Å²) in [5.41, 5.74) is 5.12. The summed E-state index contributed by atoms with van der Waals surface area (Å²) in [6.07, 6.45) is 2.36. The molecule has 3 heteroatoms. The molecule has 0 amide bonds. The molecule has 2 aromatic rings.